The molecule has 0 atom stereocenters. The Balaban J connectivity index is 1.36. The van der Waals surface area contributed by atoms with Gasteiger partial charge in [0.25, 0.3) is 0 Å². The van der Waals surface area contributed by atoms with Gasteiger partial charge in [0.1, 0.15) is 12.4 Å². The van der Waals surface area contributed by atoms with Gasteiger partial charge >= 0.3 is 18.0 Å². The summed E-state index contributed by atoms with van der Waals surface area (Å²) in [5.41, 5.74) is 4.63. The molecule has 2 aromatic carbocycles. The van der Waals surface area contributed by atoms with E-state index in [0.29, 0.717) is 19.4 Å². The summed E-state index contributed by atoms with van der Waals surface area (Å²) >= 11 is 0. The van der Waals surface area contributed by atoms with Crippen LogP contribution in [0, 0.1) is 0 Å². The maximum atomic E-state index is 12.3. The van der Waals surface area contributed by atoms with E-state index in [2.05, 4.69) is 29.6 Å². The van der Waals surface area contributed by atoms with Crippen molar-refractivity contribution in [1.29, 1.82) is 0 Å². The molecule has 0 bridgehead atoms. The minimum absolute atomic E-state index is 0.00514. The zero-order valence-corrected chi connectivity index (χ0v) is 21.1. The van der Waals surface area contributed by atoms with E-state index >= 15 is 0 Å². The molecule has 9 heteroatoms. The van der Waals surface area contributed by atoms with E-state index in [4.69, 9.17) is 14.6 Å². The van der Waals surface area contributed by atoms with Crippen molar-refractivity contribution < 1.29 is 33.8 Å². The van der Waals surface area contributed by atoms with Crippen molar-refractivity contribution in [3.63, 3.8) is 0 Å². The number of carbonyl (C=O) groups excluding carboxylic acids is 3. The molecule has 3 rings (SSSR count). The van der Waals surface area contributed by atoms with E-state index < -0.39 is 18.0 Å². The second-order valence-electron chi connectivity index (χ2n) is 8.91. The van der Waals surface area contributed by atoms with Gasteiger partial charge in [-0.05, 0) is 42.0 Å². The number of carboxylic acid groups (broad SMARTS) is 1. The van der Waals surface area contributed by atoms with Gasteiger partial charge in [0.05, 0.1) is 26.1 Å². The number of hydrogen-bond acceptors (Lipinski definition) is 7. The number of carboxylic acids is 1. The van der Waals surface area contributed by atoms with Gasteiger partial charge in [-0.1, -0.05) is 48.5 Å². The molecule has 2 N–H and O–H groups in total. The first kappa shape index (κ1) is 27.9. The number of rotatable bonds is 15. The number of nitrogens with one attached hydrogen (secondary N) is 1. The molecule has 0 fully saturated rings. The molecular weight excluding hydrogens is 476 g/mol. The van der Waals surface area contributed by atoms with E-state index in [-0.39, 0.29) is 57.4 Å². The van der Waals surface area contributed by atoms with Gasteiger partial charge in [-0.3, -0.25) is 19.3 Å². The van der Waals surface area contributed by atoms with Crippen LogP contribution in [0.2, 0.25) is 0 Å². The third-order valence-corrected chi connectivity index (χ3v) is 6.20. The molecule has 0 radical (unpaired) electrons. The zero-order valence-electron chi connectivity index (χ0n) is 21.1. The van der Waals surface area contributed by atoms with Gasteiger partial charge in [-0.25, -0.2) is 4.79 Å². The number of Topliss-reactive ketones (excluding diaryl/α,β-unsaturated/α-hetero) is 1. The van der Waals surface area contributed by atoms with Gasteiger partial charge < -0.3 is 19.9 Å². The minimum Gasteiger partial charge on any atom is -0.481 e. The summed E-state index contributed by atoms with van der Waals surface area (Å²) in [6.07, 6.45) is 0.732. The van der Waals surface area contributed by atoms with E-state index in [1.807, 2.05) is 24.3 Å². The number of nitrogens with zero attached hydrogens (tertiary/aromatic N) is 1. The second kappa shape index (κ2) is 14.1. The monoisotopic (exact) mass is 510 g/mol. The molecule has 0 heterocycles. The van der Waals surface area contributed by atoms with Crippen LogP contribution in [0.4, 0.5) is 4.79 Å². The first-order chi connectivity index (χ1) is 17.9. The Hall–Kier alpha value is -3.72. The van der Waals surface area contributed by atoms with E-state index in [9.17, 15) is 19.2 Å². The number of carbonyl (C=O) groups is 4. The molecule has 1 amide bonds. The minimum atomic E-state index is -0.999. The Bertz CT molecular complexity index is 1060. The van der Waals surface area contributed by atoms with E-state index in [0.717, 1.165) is 11.1 Å². The number of benzene rings is 2. The molecule has 1 aliphatic rings. The van der Waals surface area contributed by atoms with Crippen molar-refractivity contribution in [2.75, 3.05) is 39.4 Å². The molecule has 0 unspecified atom stereocenters. The number of aliphatic carboxylic acids is 1. The smallest absolute Gasteiger partial charge is 0.407 e. The predicted octanol–water partition coefficient (Wildman–Crippen LogP) is 3.60. The number of ketones is 1. The molecular formula is C28H34N2O7. The van der Waals surface area contributed by atoms with Crippen molar-refractivity contribution >= 4 is 23.8 Å². The molecule has 0 aromatic heterocycles. The fourth-order valence-electron chi connectivity index (χ4n) is 4.47. The molecule has 0 saturated heterocycles. The summed E-state index contributed by atoms with van der Waals surface area (Å²) in [6, 6.07) is 16.3. The lowest BCUT2D eigenvalue weighted by molar-refractivity contribution is -0.146. The largest absolute Gasteiger partial charge is 0.481 e. The summed E-state index contributed by atoms with van der Waals surface area (Å²) in [5.74, 6) is -1.60. The van der Waals surface area contributed by atoms with Crippen LogP contribution in [-0.2, 0) is 23.9 Å². The van der Waals surface area contributed by atoms with Crippen LogP contribution in [0.25, 0.3) is 11.1 Å². The summed E-state index contributed by atoms with van der Waals surface area (Å²) in [6.45, 7) is 2.45. The molecule has 198 valence electrons. The van der Waals surface area contributed by atoms with Crippen molar-refractivity contribution in [2.24, 2.45) is 0 Å². The average Bonchev–Trinajstić information content (AvgIpc) is 3.19. The fourth-order valence-corrected chi connectivity index (χ4v) is 4.47. The summed E-state index contributed by atoms with van der Waals surface area (Å²) in [4.78, 5) is 48.7. The van der Waals surface area contributed by atoms with Crippen molar-refractivity contribution in [2.45, 2.75) is 38.5 Å². The second-order valence-corrected chi connectivity index (χ2v) is 8.91. The quantitative estimate of drug-likeness (QED) is 0.275. The molecule has 0 spiro atoms. The Morgan fingerprint density at radius 3 is 2.16 bits per heavy atom. The van der Waals surface area contributed by atoms with Crippen molar-refractivity contribution in [3.8, 4) is 11.1 Å². The van der Waals surface area contributed by atoms with Crippen LogP contribution in [0.3, 0.4) is 0 Å². The number of alkyl carbamates (subject to hydrolysis) is 1. The van der Waals surface area contributed by atoms with Crippen molar-refractivity contribution in [3.05, 3.63) is 59.7 Å². The number of amides is 1. The highest BCUT2D eigenvalue weighted by Crippen LogP contribution is 2.44. The van der Waals surface area contributed by atoms with E-state index in [1.165, 1.54) is 16.0 Å². The third-order valence-electron chi connectivity index (χ3n) is 6.20. The maximum Gasteiger partial charge on any atom is 0.407 e. The van der Waals surface area contributed by atoms with Gasteiger partial charge in [-0.2, -0.15) is 0 Å². The number of ether oxygens (including phenoxy) is 2. The average molecular weight is 511 g/mol. The lowest BCUT2D eigenvalue weighted by atomic mass is 9.98. The Morgan fingerprint density at radius 2 is 1.54 bits per heavy atom. The zero-order chi connectivity index (χ0) is 26.6. The maximum absolute atomic E-state index is 12.3. The highest BCUT2D eigenvalue weighted by Gasteiger charge is 2.29. The van der Waals surface area contributed by atoms with Crippen LogP contribution in [0.15, 0.2) is 48.5 Å². The molecule has 2 aromatic rings. The van der Waals surface area contributed by atoms with Crippen LogP contribution in [0.1, 0.15) is 49.7 Å². The Kier molecular flexibility index (Phi) is 10.6. The fraction of sp³-hybridized carbons (Fsp3) is 0.429. The summed E-state index contributed by atoms with van der Waals surface area (Å²) in [7, 11) is 0. The third kappa shape index (κ3) is 8.42. The number of unbranched alkanes of at least 4 members (excludes halogenated alkanes) is 1. The number of hydrogen-bond donors (Lipinski definition) is 2. The predicted molar refractivity (Wildman–Crippen MR) is 137 cm³/mol. The molecule has 1 aliphatic carbocycles. The standard InChI is InChI=1S/C28H34N2O7/c1-2-36-27(34)18-30(16-14-26(32)33)17-20(31)9-7-8-15-29-28(35)37-19-25-23-12-5-3-10-21(23)22-11-4-6-13-24(22)25/h3-6,10-13,25H,2,7-9,14-19H2,1H3,(H,29,35)(H,32,33). The van der Waals surface area contributed by atoms with Gasteiger partial charge in [0.2, 0.25) is 0 Å². The normalized spacial score (nSPS) is 12.1. The lowest BCUT2D eigenvalue weighted by Crippen LogP contribution is -2.37. The Labute approximate surface area is 216 Å². The van der Waals surface area contributed by atoms with E-state index in [1.54, 1.807) is 6.92 Å². The molecule has 37 heavy (non-hydrogen) atoms. The lowest BCUT2D eigenvalue weighted by Gasteiger charge is -2.19. The number of esters is 1. The topological polar surface area (TPSA) is 122 Å². The van der Waals surface area contributed by atoms with Gasteiger partial charge in [0, 0.05) is 25.4 Å². The summed E-state index contributed by atoms with van der Waals surface area (Å²) < 4.78 is 10.4. The van der Waals surface area contributed by atoms with Crippen LogP contribution in [-0.4, -0.2) is 73.2 Å². The van der Waals surface area contributed by atoms with Crippen LogP contribution in [0.5, 0.6) is 0 Å². The highest BCUT2D eigenvalue weighted by molar-refractivity contribution is 5.81. The number of fused-ring (bicyclic) bond motifs is 3. The molecule has 0 saturated carbocycles. The summed E-state index contributed by atoms with van der Waals surface area (Å²) in [5, 5.41) is 11.6. The van der Waals surface area contributed by atoms with Crippen LogP contribution >= 0.6 is 0 Å². The first-order valence-corrected chi connectivity index (χ1v) is 12.6. The highest BCUT2D eigenvalue weighted by atomic mass is 16.5. The molecule has 0 aliphatic heterocycles. The molecule has 9 nitrogen and oxygen atoms in total. The van der Waals surface area contributed by atoms with Crippen LogP contribution < -0.4 is 5.32 Å². The van der Waals surface area contributed by atoms with Crippen molar-refractivity contribution in [1.82, 2.24) is 10.2 Å². The Morgan fingerprint density at radius 1 is 0.892 bits per heavy atom. The SMILES string of the molecule is CCOC(=O)CN(CCC(=O)O)CC(=O)CCCCNC(=O)OCC1c2ccccc2-c2ccccc21. The van der Waals surface area contributed by atoms with Gasteiger partial charge in [-0.15, -0.1) is 0 Å². The first-order valence-electron chi connectivity index (χ1n) is 12.6. The van der Waals surface area contributed by atoms with Gasteiger partial charge in [0.15, 0.2) is 0 Å².